The highest BCUT2D eigenvalue weighted by Crippen LogP contribution is 2.19. The lowest BCUT2D eigenvalue weighted by molar-refractivity contribution is 0.0718. The first-order chi connectivity index (χ1) is 4.43. The van der Waals surface area contributed by atoms with Gasteiger partial charge in [0, 0.05) is 12.4 Å². The number of rotatable bonds is 3. The number of ether oxygens (including phenoxy) is 1. The van der Waals surface area contributed by atoms with Crippen LogP contribution in [-0.4, -0.2) is 24.2 Å². The molecule has 0 saturated carbocycles. The highest BCUT2D eigenvalue weighted by molar-refractivity contribution is 7.99. The molecule has 0 spiro atoms. The lowest BCUT2D eigenvalue weighted by Crippen LogP contribution is -2.11. The summed E-state index contributed by atoms with van der Waals surface area (Å²) >= 11 is 2.01. The van der Waals surface area contributed by atoms with E-state index in [4.69, 9.17) is 4.74 Å². The van der Waals surface area contributed by atoms with E-state index in [9.17, 15) is 0 Å². The zero-order chi connectivity index (χ0) is 6.53. The van der Waals surface area contributed by atoms with Crippen molar-refractivity contribution >= 4 is 11.8 Å². The van der Waals surface area contributed by atoms with Crippen molar-refractivity contribution in [3.8, 4) is 0 Å². The normalized spacial score (nSPS) is 27.0. The second-order valence-electron chi connectivity index (χ2n) is 2.36. The van der Waals surface area contributed by atoms with Crippen LogP contribution in [0.5, 0.6) is 0 Å². The molecule has 1 atom stereocenters. The molecule has 0 aliphatic carbocycles. The zero-order valence-electron chi connectivity index (χ0n) is 5.93. The maximum Gasteiger partial charge on any atom is 0.0673 e. The molecular formula is C7H14OS. The van der Waals surface area contributed by atoms with Crippen LogP contribution in [0.2, 0.25) is 0 Å². The minimum absolute atomic E-state index is 0.579. The SMILES string of the molecule is CCCOC1CCSC1. The molecule has 0 amide bonds. The number of hydrogen-bond donors (Lipinski definition) is 0. The maximum absolute atomic E-state index is 5.53. The lowest BCUT2D eigenvalue weighted by atomic mass is 10.3. The lowest BCUT2D eigenvalue weighted by Gasteiger charge is -2.07. The topological polar surface area (TPSA) is 9.23 Å². The van der Waals surface area contributed by atoms with E-state index in [1.807, 2.05) is 11.8 Å². The molecule has 0 radical (unpaired) electrons. The summed E-state index contributed by atoms with van der Waals surface area (Å²) in [6, 6.07) is 0. The van der Waals surface area contributed by atoms with Crippen LogP contribution in [0.4, 0.5) is 0 Å². The third-order valence-electron chi connectivity index (χ3n) is 1.45. The smallest absolute Gasteiger partial charge is 0.0673 e. The summed E-state index contributed by atoms with van der Waals surface area (Å²) in [5.41, 5.74) is 0. The Morgan fingerprint density at radius 2 is 2.56 bits per heavy atom. The van der Waals surface area contributed by atoms with Crippen molar-refractivity contribution in [2.45, 2.75) is 25.9 Å². The number of hydrogen-bond acceptors (Lipinski definition) is 2. The summed E-state index contributed by atoms with van der Waals surface area (Å²) in [6.07, 6.45) is 3.00. The van der Waals surface area contributed by atoms with Crippen molar-refractivity contribution in [3.63, 3.8) is 0 Å². The average Bonchev–Trinajstić information content (AvgIpc) is 2.34. The summed E-state index contributed by atoms with van der Waals surface area (Å²) in [5, 5.41) is 0. The van der Waals surface area contributed by atoms with E-state index >= 15 is 0 Å². The minimum Gasteiger partial charge on any atom is -0.377 e. The maximum atomic E-state index is 5.53. The molecular weight excluding hydrogens is 132 g/mol. The van der Waals surface area contributed by atoms with E-state index in [1.54, 1.807) is 0 Å². The summed E-state index contributed by atoms with van der Waals surface area (Å²) in [6.45, 7) is 3.10. The highest BCUT2D eigenvalue weighted by Gasteiger charge is 2.14. The van der Waals surface area contributed by atoms with Crippen LogP contribution in [-0.2, 0) is 4.74 Å². The summed E-state index contributed by atoms with van der Waals surface area (Å²) in [4.78, 5) is 0. The first-order valence-electron chi connectivity index (χ1n) is 3.63. The van der Waals surface area contributed by atoms with Crippen LogP contribution in [0, 0.1) is 0 Å². The summed E-state index contributed by atoms with van der Waals surface area (Å²) in [5.74, 6) is 2.52. The number of thioether (sulfide) groups is 1. The molecule has 1 nitrogen and oxygen atoms in total. The Kier molecular flexibility index (Phi) is 3.44. The molecule has 1 heterocycles. The van der Waals surface area contributed by atoms with Gasteiger partial charge in [-0.15, -0.1) is 0 Å². The van der Waals surface area contributed by atoms with Crippen molar-refractivity contribution in [2.24, 2.45) is 0 Å². The fraction of sp³-hybridized carbons (Fsp3) is 1.00. The van der Waals surface area contributed by atoms with Crippen molar-refractivity contribution in [2.75, 3.05) is 18.1 Å². The minimum atomic E-state index is 0.579. The van der Waals surface area contributed by atoms with Gasteiger partial charge in [0.15, 0.2) is 0 Å². The Balaban J connectivity index is 1.98. The van der Waals surface area contributed by atoms with E-state index < -0.39 is 0 Å². The first-order valence-corrected chi connectivity index (χ1v) is 4.78. The van der Waals surface area contributed by atoms with Crippen molar-refractivity contribution in [3.05, 3.63) is 0 Å². The van der Waals surface area contributed by atoms with Crippen molar-refractivity contribution in [1.29, 1.82) is 0 Å². The highest BCUT2D eigenvalue weighted by atomic mass is 32.2. The molecule has 9 heavy (non-hydrogen) atoms. The largest absolute Gasteiger partial charge is 0.377 e. The molecule has 1 aliphatic heterocycles. The first kappa shape index (κ1) is 7.42. The van der Waals surface area contributed by atoms with Crippen molar-refractivity contribution in [1.82, 2.24) is 0 Å². The molecule has 1 unspecified atom stereocenters. The molecule has 2 heteroatoms. The van der Waals surface area contributed by atoms with Gasteiger partial charge in [0.1, 0.15) is 0 Å². The Labute approximate surface area is 61.2 Å². The van der Waals surface area contributed by atoms with Gasteiger partial charge in [-0.2, -0.15) is 11.8 Å². The van der Waals surface area contributed by atoms with Crippen LogP contribution >= 0.6 is 11.8 Å². The van der Waals surface area contributed by atoms with E-state index in [-0.39, 0.29) is 0 Å². The summed E-state index contributed by atoms with van der Waals surface area (Å²) < 4.78 is 5.53. The predicted octanol–water partition coefficient (Wildman–Crippen LogP) is 1.92. The van der Waals surface area contributed by atoms with Gasteiger partial charge < -0.3 is 4.74 Å². The fourth-order valence-corrected chi connectivity index (χ4v) is 2.05. The van der Waals surface area contributed by atoms with Gasteiger partial charge in [0.25, 0.3) is 0 Å². The molecule has 0 bridgehead atoms. The predicted molar refractivity (Wildman–Crippen MR) is 42.0 cm³/mol. The monoisotopic (exact) mass is 146 g/mol. The fourth-order valence-electron chi connectivity index (χ4n) is 0.929. The molecule has 1 aliphatic rings. The second kappa shape index (κ2) is 4.18. The van der Waals surface area contributed by atoms with Gasteiger partial charge >= 0.3 is 0 Å². The van der Waals surface area contributed by atoms with Crippen LogP contribution < -0.4 is 0 Å². The van der Waals surface area contributed by atoms with E-state index in [0.717, 1.165) is 13.0 Å². The molecule has 1 fully saturated rings. The van der Waals surface area contributed by atoms with Crippen LogP contribution in [0.1, 0.15) is 19.8 Å². The molecule has 0 aromatic rings. The van der Waals surface area contributed by atoms with Crippen LogP contribution in [0.15, 0.2) is 0 Å². The summed E-state index contributed by atoms with van der Waals surface area (Å²) in [7, 11) is 0. The second-order valence-corrected chi connectivity index (χ2v) is 3.51. The van der Waals surface area contributed by atoms with Crippen LogP contribution in [0.25, 0.3) is 0 Å². The molecule has 1 saturated heterocycles. The standard InChI is InChI=1S/C7H14OS/c1-2-4-8-7-3-5-9-6-7/h7H,2-6H2,1H3. The molecule has 1 rings (SSSR count). The Morgan fingerprint density at radius 1 is 1.67 bits per heavy atom. The Bertz CT molecular complexity index is 69.3. The van der Waals surface area contributed by atoms with E-state index in [0.29, 0.717) is 6.10 Å². The van der Waals surface area contributed by atoms with Crippen LogP contribution in [0.3, 0.4) is 0 Å². The molecule has 0 aromatic heterocycles. The van der Waals surface area contributed by atoms with Crippen molar-refractivity contribution < 1.29 is 4.74 Å². The average molecular weight is 146 g/mol. The van der Waals surface area contributed by atoms with Gasteiger partial charge in [-0.05, 0) is 18.6 Å². The zero-order valence-corrected chi connectivity index (χ0v) is 6.75. The molecule has 54 valence electrons. The Hall–Kier alpha value is 0.310. The van der Waals surface area contributed by atoms with Gasteiger partial charge in [0.2, 0.25) is 0 Å². The third kappa shape index (κ3) is 2.59. The quantitative estimate of drug-likeness (QED) is 0.601. The van der Waals surface area contributed by atoms with E-state index in [1.165, 1.54) is 17.9 Å². The molecule has 0 aromatic carbocycles. The molecule has 0 N–H and O–H groups in total. The van der Waals surface area contributed by atoms with Gasteiger partial charge in [-0.25, -0.2) is 0 Å². The van der Waals surface area contributed by atoms with Gasteiger partial charge in [0.05, 0.1) is 6.10 Å². The van der Waals surface area contributed by atoms with Gasteiger partial charge in [-0.3, -0.25) is 0 Å². The third-order valence-corrected chi connectivity index (χ3v) is 2.58. The Morgan fingerprint density at radius 3 is 3.11 bits per heavy atom. The van der Waals surface area contributed by atoms with E-state index in [2.05, 4.69) is 6.92 Å². The van der Waals surface area contributed by atoms with Gasteiger partial charge in [-0.1, -0.05) is 6.92 Å².